The van der Waals surface area contributed by atoms with E-state index in [-0.39, 0.29) is 4.91 Å². The van der Waals surface area contributed by atoms with Gasteiger partial charge >= 0.3 is 5.97 Å². The SMILES string of the molecule is CN1C(=O)/C(=C/C(=O)O)S/C1=N/c1ccc(Cl)c(Cl)c1. The molecule has 0 aliphatic carbocycles. The van der Waals surface area contributed by atoms with Gasteiger partial charge in [-0.05, 0) is 30.0 Å². The molecule has 1 aliphatic rings. The normalized spacial score (nSPS) is 19.1. The number of aliphatic carboxylic acids is 1. The molecule has 0 atom stereocenters. The van der Waals surface area contributed by atoms with Crippen molar-refractivity contribution in [3.05, 3.63) is 39.2 Å². The van der Waals surface area contributed by atoms with E-state index in [9.17, 15) is 9.59 Å². The van der Waals surface area contributed by atoms with Gasteiger partial charge in [-0.2, -0.15) is 0 Å². The summed E-state index contributed by atoms with van der Waals surface area (Å²) in [5, 5.41) is 9.83. The second kappa shape index (κ2) is 5.87. The fraction of sp³-hybridized carbons (Fsp3) is 0.0833. The highest BCUT2D eigenvalue weighted by Gasteiger charge is 2.31. The van der Waals surface area contributed by atoms with Crippen LogP contribution < -0.4 is 0 Å². The summed E-state index contributed by atoms with van der Waals surface area (Å²) >= 11 is 12.7. The number of aliphatic imine (C=N–C) groups is 1. The molecule has 104 valence electrons. The summed E-state index contributed by atoms with van der Waals surface area (Å²) in [7, 11) is 1.52. The maximum atomic E-state index is 11.8. The fourth-order valence-corrected chi connectivity index (χ4v) is 2.67. The van der Waals surface area contributed by atoms with E-state index < -0.39 is 11.9 Å². The minimum atomic E-state index is -1.18. The highest BCUT2D eigenvalue weighted by atomic mass is 35.5. The Morgan fingerprint density at radius 2 is 2.10 bits per heavy atom. The van der Waals surface area contributed by atoms with Gasteiger partial charge in [0.05, 0.1) is 20.6 Å². The predicted octanol–water partition coefficient (Wildman–Crippen LogP) is 3.15. The molecular formula is C12H8Cl2N2O3S. The molecule has 1 N–H and O–H groups in total. The van der Waals surface area contributed by atoms with E-state index in [1.807, 2.05) is 0 Å². The second-order valence-corrected chi connectivity index (χ2v) is 5.63. The molecular weight excluding hydrogens is 323 g/mol. The first-order valence-electron chi connectivity index (χ1n) is 5.33. The molecule has 1 heterocycles. The van der Waals surface area contributed by atoms with Gasteiger partial charge in [-0.3, -0.25) is 9.69 Å². The zero-order valence-electron chi connectivity index (χ0n) is 10.1. The summed E-state index contributed by atoms with van der Waals surface area (Å²) in [6, 6.07) is 4.81. The highest BCUT2D eigenvalue weighted by molar-refractivity contribution is 8.18. The smallest absolute Gasteiger partial charge is 0.329 e. The van der Waals surface area contributed by atoms with Crippen molar-refractivity contribution in [2.75, 3.05) is 7.05 Å². The number of amidine groups is 1. The van der Waals surface area contributed by atoms with E-state index >= 15 is 0 Å². The predicted molar refractivity (Wildman–Crippen MR) is 79.6 cm³/mol. The van der Waals surface area contributed by atoms with Crippen molar-refractivity contribution in [3.8, 4) is 0 Å². The monoisotopic (exact) mass is 330 g/mol. The number of thioether (sulfide) groups is 1. The Kier molecular flexibility index (Phi) is 4.37. The molecule has 1 aromatic rings. The lowest BCUT2D eigenvalue weighted by molar-refractivity contribution is -0.132. The van der Waals surface area contributed by atoms with Crippen LogP contribution in [0.5, 0.6) is 0 Å². The van der Waals surface area contributed by atoms with E-state index in [4.69, 9.17) is 28.3 Å². The molecule has 1 aliphatic heterocycles. The van der Waals surface area contributed by atoms with Gasteiger partial charge in [-0.25, -0.2) is 9.79 Å². The number of benzene rings is 1. The second-order valence-electron chi connectivity index (χ2n) is 3.81. The molecule has 1 fully saturated rings. The number of carbonyl (C=O) groups is 2. The van der Waals surface area contributed by atoms with Gasteiger partial charge in [0.25, 0.3) is 5.91 Å². The molecule has 8 heteroatoms. The summed E-state index contributed by atoms with van der Waals surface area (Å²) in [6.07, 6.45) is 0.862. The van der Waals surface area contributed by atoms with Crippen LogP contribution in [0, 0.1) is 0 Å². The number of rotatable bonds is 2. The highest BCUT2D eigenvalue weighted by Crippen LogP contribution is 2.33. The Hall–Kier alpha value is -1.50. The summed E-state index contributed by atoms with van der Waals surface area (Å²) in [5.74, 6) is -1.58. The Labute approximate surface area is 128 Å². The van der Waals surface area contributed by atoms with Crippen molar-refractivity contribution in [1.29, 1.82) is 0 Å². The lowest BCUT2D eigenvalue weighted by atomic mass is 10.3. The number of carbonyl (C=O) groups excluding carboxylic acids is 1. The maximum Gasteiger partial charge on any atom is 0.329 e. The number of hydrogen-bond donors (Lipinski definition) is 1. The average Bonchev–Trinajstić information content (AvgIpc) is 2.62. The molecule has 20 heavy (non-hydrogen) atoms. The lowest BCUT2D eigenvalue weighted by Gasteiger charge is -2.07. The van der Waals surface area contributed by atoms with Crippen LogP contribution >= 0.6 is 35.0 Å². The van der Waals surface area contributed by atoms with Crippen molar-refractivity contribution in [2.45, 2.75) is 0 Å². The van der Waals surface area contributed by atoms with Gasteiger partial charge in [0.2, 0.25) is 0 Å². The maximum absolute atomic E-state index is 11.8. The number of hydrogen-bond acceptors (Lipinski definition) is 4. The van der Waals surface area contributed by atoms with Crippen LogP contribution in [0.4, 0.5) is 5.69 Å². The van der Waals surface area contributed by atoms with E-state index in [2.05, 4.69) is 4.99 Å². The van der Waals surface area contributed by atoms with Crippen LogP contribution in [0.15, 0.2) is 34.2 Å². The van der Waals surface area contributed by atoms with Crippen molar-refractivity contribution >= 4 is 57.7 Å². The Morgan fingerprint density at radius 1 is 1.40 bits per heavy atom. The van der Waals surface area contributed by atoms with Crippen LogP contribution in [0.3, 0.4) is 0 Å². The third-order valence-electron chi connectivity index (χ3n) is 2.39. The zero-order valence-corrected chi connectivity index (χ0v) is 12.5. The van der Waals surface area contributed by atoms with E-state index in [0.29, 0.717) is 20.9 Å². The Balaban J connectivity index is 2.33. The number of likely N-dealkylation sites (N-methyl/N-ethyl adjacent to an activating group) is 1. The fourth-order valence-electron chi connectivity index (χ4n) is 1.43. The number of halogens is 2. The zero-order chi connectivity index (χ0) is 14.9. The molecule has 1 aromatic carbocycles. The van der Waals surface area contributed by atoms with Gasteiger partial charge < -0.3 is 5.11 Å². The molecule has 0 bridgehead atoms. The summed E-state index contributed by atoms with van der Waals surface area (Å²) in [6.45, 7) is 0. The Morgan fingerprint density at radius 3 is 2.70 bits per heavy atom. The quantitative estimate of drug-likeness (QED) is 0.845. The average molecular weight is 331 g/mol. The van der Waals surface area contributed by atoms with E-state index in [1.165, 1.54) is 11.9 Å². The van der Waals surface area contributed by atoms with Crippen LogP contribution in [-0.4, -0.2) is 34.1 Å². The largest absolute Gasteiger partial charge is 0.478 e. The topological polar surface area (TPSA) is 70.0 Å². The summed E-state index contributed by atoms with van der Waals surface area (Å²) in [4.78, 5) is 28.1. The molecule has 1 amide bonds. The van der Waals surface area contributed by atoms with Crippen molar-refractivity contribution in [3.63, 3.8) is 0 Å². The third kappa shape index (κ3) is 3.15. The van der Waals surface area contributed by atoms with E-state index in [1.54, 1.807) is 18.2 Å². The first-order chi connectivity index (χ1) is 9.38. The summed E-state index contributed by atoms with van der Waals surface area (Å²) < 4.78 is 0. The first kappa shape index (κ1) is 14.9. The standard InChI is InChI=1S/C12H8Cl2N2O3S/c1-16-11(19)9(5-10(17)18)20-12(16)15-6-2-3-7(13)8(14)4-6/h2-5H,1H3,(H,17,18)/b9-5-,15-12+. The summed E-state index contributed by atoms with van der Waals surface area (Å²) in [5.41, 5.74) is 0.526. The molecule has 0 saturated carbocycles. The van der Waals surface area contributed by atoms with Gasteiger partial charge in [0.15, 0.2) is 5.17 Å². The first-order valence-corrected chi connectivity index (χ1v) is 6.90. The molecule has 0 radical (unpaired) electrons. The van der Waals surface area contributed by atoms with E-state index in [0.717, 1.165) is 17.8 Å². The van der Waals surface area contributed by atoms with Crippen LogP contribution in [-0.2, 0) is 9.59 Å². The minimum absolute atomic E-state index is 0.110. The number of carboxylic acid groups (broad SMARTS) is 1. The third-order valence-corrected chi connectivity index (χ3v) is 4.19. The lowest BCUT2D eigenvalue weighted by Crippen LogP contribution is -2.23. The van der Waals surface area contributed by atoms with Crippen molar-refractivity contribution < 1.29 is 14.7 Å². The molecule has 0 aromatic heterocycles. The molecule has 5 nitrogen and oxygen atoms in total. The van der Waals surface area contributed by atoms with Gasteiger partial charge in [0.1, 0.15) is 0 Å². The Bertz CT molecular complexity index is 658. The minimum Gasteiger partial charge on any atom is -0.478 e. The number of nitrogens with zero attached hydrogens (tertiary/aromatic N) is 2. The molecule has 1 saturated heterocycles. The number of amides is 1. The van der Waals surface area contributed by atoms with Gasteiger partial charge in [-0.15, -0.1) is 0 Å². The van der Waals surface area contributed by atoms with Crippen molar-refractivity contribution in [1.82, 2.24) is 4.90 Å². The van der Waals surface area contributed by atoms with Crippen LogP contribution in [0.1, 0.15) is 0 Å². The van der Waals surface area contributed by atoms with Gasteiger partial charge in [0, 0.05) is 13.1 Å². The molecule has 0 spiro atoms. The molecule has 2 rings (SSSR count). The van der Waals surface area contributed by atoms with Crippen LogP contribution in [0.25, 0.3) is 0 Å². The van der Waals surface area contributed by atoms with Crippen molar-refractivity contribution in [2.24, 2.45) is 4.99 Å². The molecule has 0 unspecified atom stereocenters. The number of carboxylic acids is 1. The van der Waals surface area contributed by atoms with Gasteiger partial charge in [-0.1, -0.05) is 23.2 Å². The van der Waals surface area contributed by atoms with Crippen LogP contribution in [0.2, 0.25) is 10.0 Å².